The average Bonchev–Trinajstić information content (AvgIpc) is 2.62. The zero-order valence-electron chi connectivity index (χ0n) is 14.1. The Kier molecular flexibility index (Phi) is 5.85. The number of ether oxygens (including phenoxy) is 1. The van der Waals surface area contributed by atoms with Gasteiger partial charge in [-0.3, -0.25) is 4.90 Å². The summed E-state index contributed by atoms with van der Waals surface area (Å²) in [5.41, 5.74) is 0. The fourth-order valence-corrected chi connectivity index (χ4v) is 4.32. The lowest BCUT2D eigenvalue weighted by Gasteiger charge is -2.33. The summed E-state index contributed by atoms with van der Waals surface area (Å²) in [4.78, 5) is 1.77. The zero-order chi connectivity index (χ0) is 18.6. The van der Waals surface area contributed by atoms with Crippen molar-refractivity contribution in [1.82, 2.24) is 9.21 Å². The van der Waals surface area contributed by atoms with E-state index in [0.29, 0.717) is 32.0 Å². The Balaban J connectivity index is 1.50. The van der Waals surface area contributed by atoms with Crippen LogP contribution in [0.25, 0.3) is 0 Å². The Morgan fingerprint density at radius 3 is 2.38 bits per heavy atom. The van der Waals surface area contributed by atoms with Crippen molar-refractivity contribution in [2.75, 3.05) is 39.3 Å². The van der Waals surface area contributed by atoms with Crippen LogP contribution < -0.4 is 4.74 Å². The standard InChI is InChI=1S/C18H20F2N2O3S/c19-15-4-3-5-16(14-15)25-13-12-21-8-10-22(11-9-21)26(23,24)18-7-2-1-6-17(18)20/h1-7,14H,8-13H2. The largest absolute Gasteiger partial charge is 0.492 e. The molecule has 1 fully saturated rings. The van der Waals surface area contributed by atoms with Crippen LogP contribution >= 0.6 is 0 Å². The van der Waals surface area contributed by atoms with Crippen molar-refractivity contribution in [3.05, 3.63) is 60.2 Å². The molecule has 0 amide bonds. The maximum absolute atomic E-state index is 13.8. The minimum atomic E-state index is -3.83. The number of hydrogen-bond acceptors (Lipinski definition) is 4. The van der Waals surface area contributed by atoms with Gasteiger partial charge in [0.25, 0.3) is 0 Å². The highest BCUT2D eigenvalue weighted by Crippen LogP contribution is 2.20. The number of sulfonamides is 1. The first-order valence-corrected chi connectivity index (χ1v) is 9.76. The molecule has 1 aliphatic rings. The van der Waals surface area contributed by atoms with Crippen LogP contribution in [0.3, 0.4) is 0 Å². The molecule has 0 N–H and O–H groups in total. The van der Waals surface area contributed by atoms with Crippen LogP contribution in [0.5, 0.6) is 5.75 Å². The molecule has 0 bridgehead atoms. The van der Waals surface area contributed by atoms with Gasteiger partial charge in [0.05, 0.1) is 0 Å². The molecular formula is C18H20F2N2O3S. The molecule has 3 rings (SSSR count). The third-order valence-electron chi connectivity index (χ3n) is 4.26. The lowest BCUT2D eigenvalue weighted by Crippen LogP contribution is -2.49. The van der Waals surface area contributed by atoms with Gasteiger partial charge in [0.15, 0.2) is 0 Å². The van der Waals surface area contributed by atoms with Crippen LogP contribution in [-0.2, 0) is 10.0 Å². The Labute approximate surface area is 151 Å². The molecule has 0 aliphatic carbocycles. The van der Waals surface area contributed by atoms with Crippen LogP contribution in [0, 0.1) is 11.6 Å². The predicted octanol–water partition coefficient (Wildman–Crippen LogP) is 2.35. The second-order valence-electron chi connectivity index (χ2n) is 5.98. The van der Waals surface area contributed by atoms with Crippen LogP contribution in [-0.4, -0.2) is 57.0 Å². The predicted molar refractivity (Wildman–Crippen MR) is 93.5 cm³/mol. The van der Waals surface area contributed by atoms with Gasteiger partial charge in [0, 0.05) is 38.8 Å². The van der Waals surface area contributed by atoms with E-state index in [0.717, 1.165) is 6.07 Å². The maximum atomic E-state index is 13.8. The summed E-state index contributed by atoms with van der Waals surface area (Å²) in [5.74, 6) is -0.626. The minimum absolute atomic E-state index is 0.288. The van der Waals surface area contributed by atoms with Gasteiger partial charge in [-0.05, 0) is 24.3 Å². The molecule has 0 saturated carbocycles. The Morgan fingerprint density at radius 2 is 1.69 bits per heavy atom. The topological polar surface area (TPSA) is 49.9 Å². The van der Waals surface area contributed by atoms with E-state index in [9.17, 15) is 17.2 Å². The quantitative estimate of drug-likeness (QED) is 0.770. The first-order chi connectivity index (χ1) is 12.5. The van der Waals surface area contributed by atoms with Crippen molar-refractivity contribution in [1.29, 1.82) is 0 Å². The summed E-state index contributed by atoms with van der Waals surface area (Å²) in [6.07, 6.45) is 0. The van der Waals surface area contributed by atoms with Gasteiger partial charge in [-0.25, -0.2) is 17.2 Å². The number of piperazine rings is 1. The van der Waals surface area contributed by atoms with E-state index in [-0.39, 0.29) is 23.8 Å². The van der Waals surface area contributed by atoms with Gasteiger partial charge >= 0.3 is 0 Å². The smallest absolute Gasteiger partial charge is 0.246 e. The van der Waals surface area contributed by atoms with E-state index < -0.39 is 15.8 Å². The van der Waals surface area contributed by atoms with E-state index in [2.05, 4.69) is 4.90 Å². The zero-order valence-corrected chi connectivity index (χ0v) is 15.0. The van der Waals surface area contributed by atoms with E-state index in [1.54, 1.807) is 12.1 Å². The summed E-state index contributed by atoms with van der Waals surface area (Å²) < 4.78 is 58.8. The fourth-order valence-electron chi connectivity index (χ4n) is 2.84. The molecule has 0 unspecified atom stereocenters. The monoisotopic (exact) mass is 382 g/mol. The van der Waals surface area contributed by atoms with Crippen molar-refractivity contribution >= 4 is 10.0 Å². The van der Waals surface area contributed by atoms with E-state index in [1.165, 1.54) is 34.6 Å². The summed E-state index contributed by atoms with van der Waals surface area (Å²) in [6, 6.07) is 11.3. The third-order valence-corrected chi connectivity index (χ3v) is 6.19. The fraction of sp³-hybridized carbons (Fsp3) is 0.333. The molecule has 2 aromatic carbocycles. The van der Waals surface area contributed by atoms with Crippen molar-refractivity contribution < 1.29 is 21.9 Å². The highest BCUT2D eigenvalue weighted by molar-refractivity contribution is 7.89. The SMILES string of the molecule is O=S(=O)(c1ccccc1F)N1CCN(CCOc2cccc(F)c2)CC1. The number of halogens is 2. The maximum Gasteiger partial charge on any atom is 0.246 e. The third kappa shape index (κ3) is 4.38. The molecular weight excluding hydrogens is 362 g/mol. The molecule has 1 heterocycles. The second kappa shape index (κ2) is 8.11. The van der Waals surface area contributed by atoms with Gasteiger partial charge < -0.3 is 4.74 Å². The summed E-state index contributed by atoms with van der Waals surface area (Å²) in [5, 5.41) is 0. The lowest BCUT2D eigenvalue weighted by atomic mass is 10.3. The first kappa shape index (κ1) is 18.8. The molecule has 0 radical (unpaired) electrons. The van der Waals surface area contributed by atoms with Gasteiger partial charge in [-0.1, -0.05) is 18.2 Å². The Hall–Kier alpha value is -2.03. The van der Waals surface area contributed by atoms with Crippen molar-refractivity contribution in [3.63, 3.8) is 0 Å². The molecule has 1 saturated heterocycles. The molecule has 0 aromatic heterocycles. The molecule has 140 valence electrons. The molecule has 26 heavy (non-hydrogen) atoms. The van der Waals surface area contributed by atoms with E-state index >= 15 is 0 Å². The van der Waals surface area contributed by atoms with Crippen molar-refractivity contribution in [3.8, 4) is 5.75 Å². The van der Waals surface area contributed by atoms with Crippen LogP contribution in [0.2, 0.25) is 0 Å². The van der Waals surface area contributed by atoms with Gasteiger partial charge in [-0.2, -0.15) is 4.31 Å². The van der Waals surface area contributed by atoms with Crippen LogP contribution in [0.1, 0.15) is 0 Å². The highest BCUT2D eigenvalue weighted by Gasteiger charge is 2.30. The number of hydrogen-bond donors (Lipinski definition) is 0. The second-order valence-corrected chi connectivity index (χ2v) is 7.89. The van der Waals surface area contributed by atoms with Gasteiger partial charge in [-0.15, -0.1) is 0 Å². The first-order valence-electron chi connectivity index (χ1n) is 8.32. The normalized spacial score (nSPS) is 16.5. The van der Waals surface area contributed by atoms with Gasteiger partial charge in [0.1, 0.15) is 28.9 Å². The summed E-state index contributed by atoms with van der Waals surface area (Å²) in [7, 11) is -3.83. The molecule has 1 aliphatic heterocycles. The van der Waals surface area contributed by atoms with E-state index in [4.69, 9.17) is 4.74 Å². The highest BCUT2D eigenvalue weighted by atomic mass is 32.2. The molecule has 5 nitrogen and oxygen atoms in total. The Bertz CT molecular complexity index is 853. The summed E-state index contributed by atoms with van der Waals surface area (Å²) in [6.45, 7) is 2.61. The molecule has 0 atom stereocenters. The molecule has 2 aromatic rings. The van der Waals surface area contributed by atoms with Gasteiger partial charge in [0.2, 0.25) is 10.0 Å². The Morgan fingerprint density at radius 1 is 0.962 bits per heavy atom. The number of benzene rings is 2. The van der Waals surface area contributed by atoms with Crippen LogP contribution in [0.15, 0.2) is 53.4 Å². The number of rotatable bonds is 6. The van der Waals surface area contributed by atoms with Crippen molar-refractivity contribution in [2.24, 2.45) is 0 Å². The minimum Gasteiger partial charge on any atom is -0.492 e. The van der Waals surface area contributed by atoms with E-state index in [1.807, 2.05) is 0 Å². The van der Waals surface area contributed by atoms with Crippen LogP contribution in [0.4, 0.5) is 8.78 Å². The molecule has 0 spiro atoms. The lowest BCUT2D eigenvalue weighted by molar-refractivity contribution is 0.158. The summed E-state index contributed by atoms with van der Waals surface area (Å²) >= 11 is 0. The molecule has 8 heteroatoms. The average molecular weight is 382 g/mol. The number of nitrogens with zero attached hydrogens (tertiary/aromatic N) is 2. The van der Waals surface area contributed by atoms with Crippen molar-refractivity contribution in [2.45, 2.75) is 4.90 Å².